The zero-order valence-electron chi connectivity index (χ0n) is 7.17. The van der Waals surface area contributed by atoms with Crippen molar-refractivity contribution in [3.8, 4) is 0 Å². The molecule has 0 aromatic rings. The lowest BCUT2D eigenvalue weighted by Crippen LogP contribution is -2.35. The summed E-state index contributed by atoms with van der Waals surface area (Å²) < 4.78 is 0. The van der Waals surface area contributed by atoms with Crippen LogP contribution in [0.2, 0.25) is 0 Å². The molecule has 0 spiro atoms. The molecule has 1 aliphatic rings. The number of aliphatic hydroxyl groups is 2. The van der Waals surface area contributed by atoms with E-state index in [1.807, 2.05) is 13.8 Å². The van der Waals surface area contributed by atoms with Gasteiger partial charge in [-0.1, -0.05) is 13.8 Å². The Morgan fingerprint density at radius 3 is 2.00 bits per heavy atom. The fourth-order valence-electron chi connectivity index (χ4n) is 1.68. The van der Waals surface area contributed by atoms with E-state index in [2.05, 4.69) is 0 Å². The third-order valence-electron chi connectivity index (χ3n) is 2.85. The summed E-state index contributed by atoms with van der Waals surface area (Å²) in [5.74, 6) is -0.210. The van der Waals surface area contributed by atoms with Gasteiger partial charge in [-0.3, -0.25) is 0 Å². The average molecular weight is 213 g/mol. The van der Waals surface area contributed by atoms with Crippen LogP contribution in [0.3, 0.4) is 0 Å². The third kappa shape index (κ3) is 1.58. The predicted molar refractivity (Wildman–Crippen MR) is 49.4 cm³/mol. The fourth-order valence-corrected chi connectivity index (χ4v) is 2.16. The van der Waals surface area contributed by atoms with E-state index in [1.165, 1.54) is 0 Å². The molecule has 0 heterocycles. The van der Waals surface area contributed by atoms with Crippen molar-refractivity contribution in [3.63, 3.8) is 0 Å². The Hall–Kier alpha value is 0.500. The Balaban J connectivity index is 2.76. The van der Waals surface area contributed by atoms with Crippen LogP contribution in [0.1, 0.15) is 20.3 Å². The van der Waals surface area contributed by atoms with Crippen molar-refractivity contribution >= 4 is 23.2 Å². The quantitative estimate of drug-likeness (QED) is 0.649. The van der Waals surface area contributed by atoms with Gasteiger partial charge in [-0.05, 0) is 6.42 Å². The molecule has 0 aliphatic heterocycles. The zero-order valence-corrected chi connectivity index (χ0v) is 8.68. The molecule has 12 heavy (non-hydrogen) atoms. The highest BCUT2D eigenvalue weighted by Crippen LogP contribution is 2.44. The van der Waals surface area contributed by atoms with Crippen LogP contribution in [-0.2, 0) is 0 Å². The zero-order chi connectivity index (χ0) is 9.52. The van der Waals surface area contributed by atoms with Crippen LogP contribution in [0.15, 0.2) is 0 Å². The highest BCUT2D eigenvalue weighted by atomic mass is 35.5. The molecule has 4 heteroatoms. The number of alkyl halides is 2. The van der Waals surface area contributed by atoms with Gasteiger partial charge in [0.1, 0.15) is 4.84 Å². The lowest BCUT2D eigenvalue weighted by molar-refractivity contribution is -0.00546. The molecule has 0 amide bonds. The molecule has 0 radical (unpaired) electrons. The Bertz CT molecular complexity index is 170. The van der Waals surface area contributed by atoms with E-state index in [0.29, 0.717) is 6.42 Å². The van der Waals surface area contributed by atoms with Crippen LogP contribution in [0.25, 0.3) is 0 Å². The molecule has 3 atom stereocenters. The predicted octanol–water partition coefficient (Wildman–Crippen LogP) is 1.56. The van der Waals surface area contributed by atoms with Gasteiger partial charge in [0, 0.05) is 11.3 Å². The minimum Gasteiger partial charge on any atom is -0.392 e. The number of hydrogen-bond acceptors (Lipinski definition) is 2. The van der Waals surface area contributed by atoms with E-state index in [-0.39, 0.29) is 5.92 Å². The van der Waals surface area contributed by atoms with Gasteiger partial charge in [-0.15, -0.1) is 23.2 Å². The lowest BCUT2D eigenvalue weighted by Gasteiger charge is -2.28. The summed E-state index contributed by atoms with van der Waals surface area (Å²) in [6.45, 7) is 3.64. The maximum Gasteiger partial charge on any atom is 0.113 e. The topological polar surface area (TPSA) is 40.5 Å². The maximum atomic E-state index is 9.73. The third-order valence-corrected chi connectivity index (χ3v) is 3.49. The van der Waals surface area contributed by atoms with Crippen molar-refractivity contribution in [2.24, 2.45) is 11.3 Å². The summed E-state index contributed by atoms with van der Waals surface area (Å²) >= 11 is 11.3. The van der Waals surface area contributed by atoms with Crippen LogP contribution in [0.5, 0.6) is 0 Å². The van der Waals surface area contributed by atoms with Gasteiger partial charge < -0.3 is 10.2 Å². The van der Waals surface area contributed by atoms with E-state index >= 15 is 0 Å². The van der Waals surface area contributed by atoms with Crippen LogP contribution in [0, 0.1) is 11.3 Å². The van der Waals surface area contributed by atoms with E-state index in [4.69, 9.17) is 23.2 Å². The molecule has 2 nitrogen and oxygen atoms in total. The summed E-state index contributed by atoms with van der Waals surface area (Å²) in [5.41, 5.74) is -0.493. The number of halogens is 2. The second kappa shape index (κ2) is 3.33. The molecular weight excluding hydrogens is 199 g/mol. The minimum absolute atomic E-state index is 0.210. The van der Waals surface area contributed by atoms with Crippen LogP contribution < -0.4 is 0 Å². The summed E-state index contributed by atoms with van der Waals surface area (Å²) in [5, 5.41) is 19.3. The normalized spacial score (nSPS) is 40.8. The van der Waals surface area contributed by atoms with Crippen molar-refractivity contribution in [2.45, 2.75) is 37.3 Å². The first-order valence-electron chi connectivity index (χ1n) is 4.01. The molecule has 1 fully saturated rings. The summed E-state index contributed by atoms with van der Waals surface area (Å²) in [4.78, 5) is -0.601. The van der Waals surface area contributed by atoms with Crippen LogP contribution in [-0.4, -0.2) is 27.3 Å². The summed E-state index contributed by atoms with van der Waals surface area (Å²) in [6.07, 6.45) is -0.656. The van der Waals surface area contributed by atoms with Crippen molar-refractivity contribution in [1.82, 2.24) is 0 Å². The molecule has 0 bridgehead atoms. The maximum absolute atomic E-state index is 9.73. The van der Waals surface area contributed by atoms with Gasteiger partial charge in [0.25, 0.3) is 0 Å². The largest absolute Gasteiger partial charge is 0.392 e. The van der Waals surface area contributed by atoms with Crippen molar-refractivity contribution in [2.75, 3.05) is 0 Å². The van der Waals surface area contributed by atoms with Crippen LogP contribution in [0.4, 0.5) is 0 Å². The van der Waals surface area contributed by atoms with Gasteiger partial charge in [0.05, 0.1) is 12.2 Å². The van der Waals surface area contributed by atoms with Gasteiger partial charge >= 0.3 is 0 Å². The lowest BCUT2D eigenvalue weighted by atomic mass is 9.86. The van der Waals surface area contributed by atoms with Crippen molar-refractivity contribution in [3.05, 3.63) is 0 Å². The molecule has 1 aliphatic carbocycles. The Morgan fingerprint density at radius 2 is 1.83 bits per heavy atom. The van der Waals surface area contributed by atoms with Gasteiger partial charge in [-0.2, -0.15) is 0 Å². The molecule has 0 saturated heterocycles. The summed E-state index contributed by atoms with van der Waals surface area (Å²) in [6, 6.07) is 0. The monoisotopic (exact) mass is 212 g/mol. The van der Waals surface area contributed by atoms with Crippen LogP contribution >= 0.6 is 23.2 Å². The van der Waals surface area contributed by atoms with Crippen molar-refractivity contribution in [1.29, 1.82) is 0 Å². The Morgan fingerprint density at radius 1 is 1.33 bits per heavy atom. The van der Waals surface area contributed by atoms with E-state index in [1.54, 1.807) is 0 Å². The van der Waals surface area contributed by atoms with E-state index < -0.39 is 22.5 Å². The first kappa shape index (κ1) is 10.6. The second-order valence-corrected chi connectivity index (χ2v) is 5.18. The first-order valence-corrected chi connectivity index (χ1v) is 4.89. The molecule has 3 unspecified atom stereocenters. The SMILES string of the molecule is CC1(C)C(O)CC(C(Cl)Cl)C1O. The number of aliphatic hydroxyl groups excluding tert-OH is 2. The molecule has 0 aromatic carbocycles. The molecule has 1 saturated carbocycles. The minimum atomic E-state index is -0.618. The standard InChI is InChI=1S/C8H14Cl2O2/c1-8(2)5(11)3-4(6(8)12)7(9)10/h4-7,11-12H,3H2,1-2H3. The number of hydrogen-bond donors (Lipinski definition) is 2. The smallest absolute Gasteiger partial charge is 0.113 e. The molecule has 2 N–H and O–H groups in total. The second-order valence-electron chi connectivity index (χ2n) is 4.02. The van der Waals surface area contributed by atoms with Gasteiger partial charge in [-0.25, -0.2) is 0 Å². The molecule has 1 rings (SSSR count). The Labute approximate surface area is 82.5 Å². The molecule has 0 aromatic heterocycles. The average Bonchev–Trinajstić information content (AvgIpc) is 2.13. The van der Waals surface area contributed by atoms with Crippen molar-refractivity contribution < 1.29 is 10.2 Å². The van der Waals surface area contributed by atoms with Gasteiger partial charge in [0.2, 0.25) is 0 Å². The van der Waals surface area contributed by atoms with Gasteiger partial charge in [0.15, 0.2) is 0 Å². The van der Waals surface area contributed by atoms with E-state index in [9.17, 15) is 10.2 Å². The number of rotatable bonds is 1. The fraction of sp³-hybridized carbons (Fsp3) is 1.00. The highest BCUT2D eigenvalue weighted by Gasteiger charge is 2.49. The summed E-state index contributed by atoms with van der Waals surface area (Å²) in [7, 11) is 0. The molecular formula is C8H14Cl2O2. The highest BCUT2D eigenvalue weighted by molar-refractivity contribution is 6.44. The van der Waals surface area contributed by atoms with E-state index in [0.717, 1.165) is 0 Å². The Kier molecular flexibility index (Phi) is 2.94. The molecule has 72 valence electrons. The first-order chi connectivity index (χ1) is 5.37.